The summed E-state index contributed by atoms with van der Waals surface area (Å²) in [6.45, 7) is 3.35. The molecule has 0 atom stereocenters. The van der Waals surface area contributed by atoms with Crippen molar-refractivity contribution in [3.8, 4) is 0 Å². The van der Waals surface area contributed by atoms with Crippen LogP contribution in [0.25, 0.3) is 0 Å². The third kappa shape index (κ3) is 226. The second-order valence-corrected chi connectivity index (χ2v) is 1.68. The predicted molar refractivity (Wildman–Crippen MR) is 35.9 cm³/mol. The molecule has 0 heterocycles. The van der Waals surface area contributed by atoms with Crippen LogP contribution in [0.15, 0.2) is 0 Å². The molecule has 0 aromatic heterocycles. The normalized spacial score (nSPS) is 6.88. The molecule has 2 nitrogen and oxygen atoms in total. The van der Waals surface area contributed by atoms with Gasteiger partial charge in [0.1, 0.15) is 0 Å². The summed E-state index contributed by atoms with van der Waals surface area (Å²) < 4.78 is 0. The maximum Gasteiger partial charge on any atom is 0.214 e. The van der Waals surface area contributed by atoms with Gasteiger partial charge in [-0.3, -0.25) is 4.79 Å². The molecule has 0 aliphatic carbocycles. The van der Waals surface area contributed by atoms with Gasteiger partial charge in [0, 0.05) is 12.8 Å². The number of rotatable bonds is 1. The molecule has 0 radical (unpaired) electrons. The molecule has 0 aliphatic heterocycles. The standard InChI is InChI=1S/C3H7Cl.C2H5NO/c1-2-3-4;1-2(3)4/h2-3H2,1H3;1H3,(H2,3,4). The van der Waals surface area contributed by atoms with Gasteiger partial charge in [-0.05, 0) is 6.42 Å². The lowest BCUT2D eigenvalue weighted by molar-refractivity contribution is -0.115. The summed E-state index contributed by atoms with van der Waals surface area (Å²) in [7, 11) is 0. The first-order valence-electron chi connectivity index (χ1n) is 2.47. The highest BCUT2D eigenvalue weighted by Crippen LogP contribution is 1.75. The van der Waals surface area contributed by atoms with Crippen LogP contribution in [0.1, 0.15) is 20.3 Å². The first kappa shape index (κ1) is 10.7. The van der Waals surface area contributed by atoms with Crippen molar-refractivity contribution in [1.82, 2.24) is 0 Å². The van der Waals surface area contributed by atoms with Crippen LogP contribution in [-0.2, 0) is 4.79 Å². The highest BCUT2D eigenvalue weighted by molar-refractivity contribution is 6.17. The lowest BCUT2D eigenvalue weighted by Gasteiger charge is -1.65. The van der Waals surface area contributed by atoms with E-state index >= 15 is 0 Å². The largest absolute Gasteiger partial charge is 0.370 e. The molecule has 0 aromatic rings. The zero-order valence-electron chi connectivity index (χ0n) is 5.28. The number of primary amides is 1. The van der Waals surface area contributed by atoms with Crippen molar-refractivity contribution in [2.75, 3.05) is 5.88 Å². The lowest BCUT2D eigenvalue weighted by atomic mass is 10.6. The fraction of sp³-hybridized carbons (Fsp3) is 0.800. The fourth-order valence-corrected chi connectivity index (χ4v) is 0. The molecule has 0 aromatic carbocycles. The van der Waals surface area contributed by atoms with Gasteiger partial charge in [-0.1, -0.05) is 6.92 Å². The number of nitrogens with two attached hydrogens (primary N) is 1. The highest BCUT2D eigenvalue weighted by atomic mass is 35.5. The molecule has 8 heavy (non-hydrogen) atoms. The number of amides is 1. The lowest BCUT2D eigenvalue weighted by Crippen LogP contribution is -2.01. The van der Waals surface area contributed by atoms with Gasteiger partial charge in [-0.15, -0.1) is 11.6 Å². The Kier molecular flexibility index (Phi) is 13.2. The Morgan fingerprint density at radius 1 is 1.75 bits per heavy atom. The summed E-state index contributed by atoms with van der Waals surface area (Å²) >= 11 is 5.19. The highest BCUT2D eigenvalue weighted by Gasteiger charge is 1.61. The molecule has 0 fully saturated rings. The number of hydrogen-bond acceptors (Lipinski definition) is 1. The summed E-state index contributed by atoms with van der Waals surface area (Å²) in [5.74, 6) is 0.458. The predicted octanol–water partition coefficient (Wildman–Crippen LogP) is 1.13. The molecule has 3 heteroatoms. The molecule has 0 saturated carbocycles. The van der Waals surface area contributed by atoms with Crippen molar-refractivity contribution in [2.24, 2.45) is 5.73 Å². The SMILES string of the molecule is CC(N)=O.CCCCl. The molecule has 0 unspecified atom stereocenters. The minimum absolute atomic E-state index is 0.333. The topological polar surface area (TPSA) is 43.1 Å². The molecule has 2 N–H and O–H groups in total. The third-order valence-electron chi connectivity index (χ3n) is 0.189. The summed E-state index contributed by atoms with van der Waals surface area (Å²) in [6, 6.07) is 0. The van der Waals surface area contributed by atoms with Crippen LogP contribution >= 0.6 is 11.6 Å². The summed E-state index contributed by atoms with van der Waals surface area (Å²) in [4.78, 5) is 9.22. The van der Waals surface area contributed by atoms with Crippen LogP contribution in [0.2, 0.25) is 0 Å². The van der Waals surface area contributed by atoms with E-state index < -0.39 is 0 Å². The van der Waals surface area contributed by atoms with Crippen LogP contribution in [0.5, 0.6) is 0 Å². The molecule has 0 bridgehead atoms. The molecular formula is C5H12ClNO. The summed E-state index contributed by atoms with van der Waals surface area (Å²) in [6.07, 6.45) is 1.08. The zero-order chi connectivity index (χ0) is 6.99. The van der Waals surface area contributed by atoms with E-state index in [0.29, 0.717) is 0 Å². The van der Waals surface area contributed by atoms with Crippen LogP contribution in [-0.4, -0.2) is 11.8 Å². The maximum absolute atomic E-state index is 9.22. The van der Waals surface area contributed by atoms with Crippen molar-refractivity contribution in [3.05, 3.63) is 0 Å². The minimum Gasteiger partial charge on any atom is -0.370 e. The summed E-state index contributed by atoms with van der Waals surface area (Å²) in [5, 5.41) is 0. The first-order valence-corrected chi connectivity index (χ1v) is 3.00. The van der Waals surface area contributed by atoms with Crippen molar-refractivity contribution in [3.63, 3.8) is 0 Å². The minimum atomic E-state index is -0.333. The number of carbonyl (C=O) groups excluding carboxylic acids is 1. The number of halogens is 1. The van der Waals surface area contributed by atoms with E-state index in [2.05, 4.69) is 5.73 Å². The quantitative estimate of drug-likeness (QED) is 0.541. The van der Waals surface area contributed by atoms with E-state index in [1.165, 1.54) is 6.92 Å². The van der Waals surface area contributed by atoms with Crippen LogP contribution in [0, 0.1) is 0 Å². The van der Waals surface area contributed by atoms with Crippen LogP contribution in [0.3, 0.4) is 0 Å². The van der Waals surface area contributed by atoms with Crippen LogP contribution in [0.4, 0.5) is 0 Å². The second-order valence-electron chi connectivity index (χ2n) is 1.30. The van der Waals surface area contributed by atoms with E-state index in [9.17, 15) is 4.79 Å². The molecule has 1 amide bonds. The van der Waals surface area contributed by atoms with Crippen LogP contribution < -0.4 is 5.73 Å². The van der Waals surface area contributed by atoms with E-state index in [-0.39, 0.29) is 5.91 Å². The Bertz CT molecular complexity index is 50.4. The average molecular weight is 138 g/mol. The van der Waals surface area contributed by atoms with E-state index in [4.69, 9.17) is 11.6 Å². The Hall–Kier alpha value is -0.240. The monoisotopic (exact) mass is 137 g/mol. The second kappa shape index (κ2) is 9.90. The molecule has 0 saturated heterocycles. The zero-order valence-corrected chi connectivity index (χ0v) is 6.03. The summed E-state index contributed by atoms with van der Waals surface area (Å²) in [5.41, 5.74) is 4.47. The first-order chi connectivity index (χ1) is 3.65. The Morgan fingerprint density at radius 2 is 1.88 bits per heavy atom. The molecule has 0 rings (SSSR count). The Balaban J connectivity index is 0. The van der Waals surface area contributed by atoms with Gasteiger partial charge >= 0.3 is 0 Å². The maximum atomic E-state index is 9.22. The van der Waals surface area contributed by atoms with E-state index in [1.54, 1.807) is 0 Å². The van der Waals surface area contributed by atoms with Crippen molar-refractivity contribution in [2.45, 2.75) is 20.3 Å². The van der Waals surface area contributed by atoms with E-state index in [1.807, 2.05) is 6.92 Å². The molecule has 50 valence electrons. The Labute approximate surface area is 55.0 Å². The van der Waals surface area contributed by atoms with Gasteiger partial charge in [0.25, 0.3) is 0 Å². The van der Waals surface area contributed by atoms with Gasteiger partial charge in [0.05, 0.1) is 0 Å². The van der Waals surface area contributed by atoms with Gasteiger partial charge < -0.3 is 5.73 Å². The molecule has 0 aliphatic rings. The molecular weight excluding hydrogens is 126 g/mol. The van der Waals surface area contributed by atoms with Gasteiger partial charge in [-0.2, -0.15) is 0 Å². The van der Waals surface area contributed by atoms with Crippen molar-refractivity contribution in [1.29, 1.82) is 0 Å². The number of carbonyl (C=O) groups is 1. The smallest absolute Gasteiger partial charge is 0.214 e. The van der Waals surface area contributed by atoms with Crippen molar-refractivity contribution < 1.29 is 4.79 Å². The third-order valence-corrected chi connectivity index (χ3v) is 0.567. The fourth-order valence-electron chi connectivity index (χ4n) is 0. The van der Waals surface area contributed by atoms with Gasteiger partial charge in [-0.25, -0.2) is 0 Å². The molecule has 0 spiro atoms. The number of alkyl halides is 1. The van der Waals surface area contributed by atoms with Gasteiger partial charge in [0.15, 0.2) is 0 Å². The number of hydrogen-bond donors (Lipinski definition) is 1. The van der Waals surface area contributed by atoms with Gasteiger partial charge in [0.2, 0.25) is 5.91 Å². The average Bonchev–Trinajstić information content (AvgIpc) is 1.65. The van der Waals surface area contributed by atoms with Crippen molar-refractivity contribution >= 4 is 17.5 Å². The van der Waals surface area contributed by atoms with E-state index in [0.717, 1.165) is 12.3 Å². The Morgan fingerprint density at radius 3 is 1.88 bits per heavy atom.